The molecule has 2 heterocycles. The van der Waals surface area contributed by atoms with Crippen LogP contribution >= 0.6 is 0 Å². The van der Waals surface area contributed by atoms with Gasteiger partial charge in [0, 0.05) is 19.0 Å². The van der Waals surface area contributed by atoms with Gasteiger partial charge in [-0.15, -0.1) is 0 Å². The Bertz CT molecular complexity index is 1330. The van der Waals surface area contributed by atoms with Gasteiger partial charge in [-0.3, -0.25) is 9.52 Å². The summed E-state index contributed by atoms with van der Waals surface area (Å²) in [5.41, 5.74) is -2.51. The highest BCUT2D eigenvalue weighted by Crippen LogP contribution is 2.35. The molecule has 1 fully saturated rings. The molecule has 14 heteroatoms. The number of nitrogens with one attached hydrogen (secondary N) is 1. The Morgan fingerprint density at radius 2 is 1.92 bits per heavy atom. The molecule has 1 N–H and O–H groups in total. The van der Waals surface area contributed by atoms with Crippen LogP contribution in [-0.2, 0) is 31.5 Å². The zero-order valence-corrected chi connectivity index (χ0v) is 20.3. The molecule has 9 nitrogen and oxygen atoms in total. The predicted octanol–water partition coefficient (Wildman–Crippen LogP) is 3.15. The Balaban J connectivity index is 1.74. The van der Waals surface area contributed by atoms with Crippen LogP contribution in [0.25, 0.3) is 0 Å². The van der Waals surface area contributed by atoms with Crippen molar-refractivity contribution in [1.29, 1.82) is 5.26 Å². The monoisotopic (exact) mass is 542 g/mol. The number of amides is 1. The van der Waals surface area contributed by atoms with Crippen molar-refractivity contribution in [2.45, 2.75) is 31.7 Å². The van der Waals surface area contributed by atoms with Crippen LogP contribution < -0.4 is 9.62 Å². The van der Waals surface area contributed by atoms with E-state index >= 15 is 0 Å². The second-order valence-corrected chi connectivity index (χ2v) is 9.92. The van der Waals surface area contributed by atoms with E-state index < -0.39 is 56.8 Å². The Kier molecular flexibility index (Phi) is 8.37. The van der Waals surface area contributed by atoms with Gasteiger partial charge in [-0.1, -0.05) is 12.1 Å². The molecular weight excluding hydrogens is 520 g/mol. The van der Waals surface area contributed by atoms with Gasteiger partial charge in [0.25, 0.3) is 0 Å². The number of hydrogen-bond donors (Lipinski definition) is 1. The number of carbonyl (C=O) groups is 2. The Morgan fingerprint density at radius 1 is 1.24 bits per heavy atom. The summed E-state index contributed by atoms with van der Waals surface area (Å²) in [7, 11) is -4.12. The van der Waals surface area contributed by atoms with Crippen LogP contribution in [0, 0.1) is 23.1 Å². The lowest BCUT2D eigenvalue weighted by atomic mass is 9.96. The number of sulfonamides is 1. The highest BCUT2D eigenvalue weighted by Gasteiger charge is 2.40. The molecule has 1 aliphatic rings. The van der Waals surface area contributed by atoms with E-state index in [4.69, 9.17) is 0 Å². The number of nitriles is 1. The summed E-state index contributed by atoms with van der Waals surface area (Å²) in [6.07, 6.45) is -4.87. The van der Waals surface area contributed by atoms with Crippen molar-refractivity contribution >= 4 is 27.7 Å². The topological polar surface area (TPSA) is 129 Å². The summed E-state index contributed by atoms with van der Waals surface area (Å²) in [4.78, 5) is 29.5. The number of nitrogens with zero attached hydrogens (tertiary/aromatic N) is 3. The number of benzene rings is 1. The van der Waals surface area contributed by atoms with E-state index in [0.717, 1.165) is 18.2 Å². The summed E-state index contributed by atoms with van der Waals surface area (Å²) in [5.74, 6) is -4.37. The van der Waals surface area contributed by atoms with Crippen molar-refractivity contribution in [3.63, 3.8) is 0 Å². The molecule has 0 bridgehead atoms. The molecule has 0 radical (unpaired) electrons. The van der Waals surface area contributed by atoms with Crippen molar-refractivity contribution < 1.29 is 40.3 Å². The van der Waals surface area contributed by atoms with Crippen LogP contribution in [0.2, 0.25) is 0 Å². The number of piperidine rings is 1. The SMILES string of the molecule is CCOC(=O)c1cc(C#N)c(N2CCC(C(=O)NS(=O)(=O)Cc3cccc(F)c3)CC2)nc1C(F)(F)F. The highest BCUT2D eigenvalue weighted by atomic mass is 32.2. The van der Waals surface area contributed by atoms with Gasteiger partial charge in [-0.05, 0) is 43.5 Å². The molecular formula is C23H22F4N4O5S. The summed E-state index contributed by atoms with van der Waals surface area (Å²) in [6, 6.07) is 7.43. The van der Waals surface area contributed by atoms with Gasteiger partial charge < -0.3 is 9.64 Å². The number of anilines is 1. The van der Waals surface area contributed by atoms with Crippen LogP contribution in [0.5, 0.6) is 0 Å². The lowest BCUT2D eigenvalue weighted by Gasteiger charge is -2.33. The minimum absolute atomic E-state index is 0.000237. The summed E-state index contributed by atoms with van der Waals surface area (Å²) in [6.45, 7) is 1.25. The van der Waals surface area contributed by atoms with Crippen LogP contribution in [0.3, 0.4) is 0 Å². The van der Waals surface area contributed by atoms with Crippen molar-refractivity contribution in [2.24, 2.45) is 5.92 Å². The van der Waals surface area contributed by atoms with E-state index in [0.29, 0.717) is 0 Å². The molecule has 2 aromatic rings. The Hall–Kier alpha value is -3.73. The largest absolute Gasteiger partial charge is 0.462 e. The number of rotatable bonds is 7. The lowest BCUT2D eigenvalue weighted by Crippen LogP contribution is -2.43. The van der Waals surface area contributed by atoms with Crippen molar-refractivity contribution in [1.82, 2.24) is 9.71 Å². The first-order chi connectivity index (χ1) is 17.3. The number of pyridine rings is 1. The summed E-state index contributed by atoms with van der Waals surface area (Å²) in [5, 5.41) is 9.48. The summed E-state index contributed by atoms with van der Waals surface area (Å²) < 4.78 is 85.5. The fourth-order valence-electron chi connectivity index (χ4n) is 3.88. The van der Waals surface area contributed by atoms with E-state index in [1.165, 1.54) is 24.0 Å². The molecule has 1 saturated heterocycles. The van der Waals surface area contributed by atoms with E-state index in [-0.39, 0.29) is 49.5 Å². The average Bonchev–Trinajstić information content (AvgIpc) is 2.82. The van der Waals surface area contributed by atoms with Gasteiger partial charge >= 0.3 is 12.1 Å². The first kappa shape index (κ1) is 27.9. The number of esters is 1. The molecule has 1 aliphatic heterocycles. The fraction of sp³-hybridized carbons (Fsp3) is 0.391. The third-order valence-electron chi connectivity index (χ3n) is 5.55. The van der Waals surface area contributed by atoms with Crippen molar-refractivity contribution in [2.75, 3.05) is 24.6 Å². The zero-order chi connectivity index (χ0) is 27.4. The molecule has 0 spiro atoms. The molecule has 0 aliphatic carbocycles. The fourth-order valence-corrected chi connectivity index (χ4v) is 5.04. The molecule has 0 atom stereocenters. The number of halogens is 4. The van der Waals surface area contributed by atoms with Crippen molar-refractivity contribution in [3.05, 3.63) is 58.5 Å². The third kappa shape index (κ3) is 6.94. The number of carbonyl (C=O) groups excluding carboxylic acids is 2. The normalized spacial score (nSPS) is 14.6. The minimum atomic E-state index is -5.00. The minimum Gasteiger partial charge on any atom is -0.462 e. The van der Waals surface area contributed by atoms with Crippen molar-refractivity contribution in [3.8, 4) is 6.07 Å². The van der Waals surface area contributed by atoms with Gasteiger partial charge in [0.15, 0.2) is 5.69 Å². The smallest absolute Gasteiger partial charge is 0.434 e. The van der Waals surface area contributed by atoms with E-state index in [1.807, 2.05) is 4.72 Å². The van der Waals surface area contributed by atoms with E-state index in [1.54, 1.807) is 6.07 Å². The van der Waals surface area contributed by atoms with Gasteiger partial charge in [-0.25, -0.2) is 22.6 Å². The highest BCUT2D eigenvalue weighted by molar-refractivity contribution is 7.89. The second-order valence-electron chi connectivity index (χ2n) is 8.20. The first-order valence-corrected chi connectivity index (χ1v) is 12.7. The van der Waals surface area contributed by atoms with Crippen LogP contribution in [-0.4, -0.2) is 45.0 Å². The quantitative estimate of drug-likeness (QED) is 0.417. The molecule has 3 rings (SSSR count). The summed E-state index contributed by atoms with van der Waals surface area (Å²) >= 11 is 0. The predicted molar refractivity (Wildman–Crippen MR) is 122 cm³/mol. The molecule has 1 aromatic heterocycles. The number of ether oxygens (including phenoxy) is 1. The van der Waals surface area contributed by atoms with E-state index in [2.05, 4.69) is 9.72 Å². The number of aromatic nitrogens is 1. The van der Waals surface area contributed by atoms with Crippen LogP contribution in [0.15, 0.2) is 30.3 Å². The average molecular weight is 543 g/mol. The molecule has 0 saturated carbocycles. The lowest BCUT2D eigenvalue weighted by molar-refractivity contribution is -0.141. The molecule has 37 heavy (non-hydrogen) atoms. The first-order valence-electron chi connectivity index (χ1n) is 11.1. The molecule has 0 unspecified atom stereocenters. The Labute approximate surface area is 210 Å². The van der Waals surface area contributed by atoms with Gasteiger partial charge in [-0.2, -0.15) is 18.4 Å². The maximum atomic E-state index is 13.6. The number of alkyl halides is 3. The third-order valence-corrected chi connectivity index (χ3v) is 6.78. The Morgan fingerprint density at radius 3 is 2.49 bits per heavy atom. The zero-order valence-electron chi connectivity index (χ0n) is 19.5. The molecule has 1 aromatic carbocycles. The van der Waals surface area contributed by atoms with Gasteiger partial charge in [0.05, 0.1) is 23.5 Å². The van der Waals surface area contributed by atoms with Crippen LogP contribution in [0.1, 0.15) is 46.9 Å². The van der Waals surface area contributed by atoms with Crippen LogP contribution in [0.4, 0.5) is 23.4 Å². The second kappa shape index (κ2) is 11.1. The molecule has 198 valence electrons. The maximum Gasteiger partial charge on any atom is 0.434 e. The van der Waals surface area contributed by atoms with Gasteiger partial charge in [0.2, 0.25) is 15.9 Å². The van der Waals surface area contributed by atoms with E-state index in [9.17, 15) is 40.8 Å². The number of hydrogen-bond acceptors (Lipinski definition) is 8. The molecule has 1 amide bonds. The standard InChI is InChI=1S/C23H22F4N4O5S/c1-2-36-22(33)18-11-16(12-28)20(29-19(18)23(25,26)27)31-8-6-15(7-9-31)21(32)30-37(34,35)13-14-4-3-5-17(24)10-14/h3-5,10-11,15H,2,6-9,13H2,1H3,(H,30,32). The maximum absolute atomic E-state index is 13.6. The van der Waals surface area contributed by atoms with Gasteiger partial charge in [0.1, 0.15) is 17.7 Å².